The van der Waals surface area contributed by atoms with Crippen LogP contribution in [0.2, 0.25) is 0 Å². The molecule has 2 aromatic heterocycles. The summed E-state index contributed by atoms with van der Waals surface area (Å²) in [5.74, 6) is 0.102. The summed E-state index contributed by atoms with van der Waals surface area (Å²) in [5.41, 5.74) is 2.88. The number of amides is 1. The Morgan fingerprint density at radius 3 is 2.37 bits per heavy atom. The molecule has 0 saturated heterocycles. The fourth-order valence-corrected chi connectivity index (χ4v) is 3.71. The van der Waals surface area contributed by atoms with Crippen LogP contribution >= 0.6 is 0 Å². The molecule has 0 aliphatic carbocycles. The summed E-state index contributed by atoms with van der Waals surface area (Å²) >= 11 is 0. The number of rotatable bonds is 5. The number of benzene rings is 2. The van der Waals surface area contributed by atoms with Gasteiger partial charge in [0.25, 0.3) is 5.91 Å². The predicted octanol–water partition coefficient (Wildman–Crippen LogP) is 3.39. The molecule has 8 nitrogen and oxygen atoms in total. The molecule has 2 heterocycles. The normalized spacial score (nSPS) is 11.7. The molecule has 0 saturated carbocycles. The lowest BCUT2D eigenvalue weighted by Gasteiger charge is -2.11. The van der Waals surface area contributed by atoms with E-state index < -0.39 is 10.0 Å². The molecule has 30 heavy (non-hydrogen) atoms. The number of hydrogen-bond acceptors (Lipinski definition) is 6. The van der Waals surface area contributed by atoms with E-state index in [0.29, 0.717) is 28.2 Å². The van der Waals surface area contributed by atoms with Gasteiger partial charge in [-0.3, -0.25) is 9.78 Å². The van der Waals surface area contributed by atoms with E-state index in [0.717, 1.165) is 9.87 Å². The van der Waals surface area contributed by atoms with E-state index in [1.54, 1.807) is 42.7 Å². The second-order valence-electron chi connectivity index (χ2n) is 6.70. The molecule has 0 unspecified atom stereocenters. The first-order valence-corrected chi connectivity index (χ1v) is 10.4. The van der Waals surface area contributed by atoms with Gasteiger partial charge in [0.2, 0.25) is 15.9 Å². The van der Waals surface area contributed by atoms with Crippen LogP contribution < -0.4 is 5.32 Å². The van der Waals surface area contributed by atoms with Crippen LogP contribution in [0.15, 0.2) is 76.3 Å². The molecule has 4 rings (SSSR count). The van der Waals surface area contributed by atoms with Crippen LogP contribution in [-0.2, 0) is 10.0 Å². The molecule has 1 amide bonds. The summed E-state index contributed by atoms with van der Waals surface area (Å²) in [5, 5.41) is 2.78. The van der Waals surface area contributed by atoms with E-state index in [9.17, 15) is 13.2 Å². The van der Waals surface area contributed by atoms with Gasteiger partial charge in [-0.25, -0.2) is 17.7 Å². The average molecular weight is 422 g/mol. The third-order valence-electron chi connectivity index (χ3n) is 4.47. The highest BCUT2D eigenvalue weighted by Gasteiger charge is 2.18. The highest BCUT2D eigenvalue weighted by Crippen LogP contribution is 2.26. The zero-order valence-corrected chi connectivity index (χ0v) is 17.1. The van der Waals surface area contributed by atoms with Gasteiger partial charge in [0.15, 0.2) is 5.58 Å². The van der Waals surface area contributed by atoms with Crippen LogP contribution in [0.1, 0.15) is 10.4 Å². The number of anilines is 1. The Kier molecular flexibility index (Phi) is 5.06. The number of sulfonamides is 1. The molecule has 152 valence electrons. The second-order valence-corrected chi connectivity index (χ2v) is 8.86. The van der Waals surface area contributed by atoms with E-state index >= 15 is 0 Å². The number of carbonyl (C=O) groups is 1. The Labute approximate surface area is 173 Å². The fourth-order valence-electron chi connectivity index (χ4n) is 2.81. The number of nitrogens with one attached hydrogen (secondary N) is 1. The summed E-state index contributed by atoms with van der Waals surface area (Å²) < 4.78 is 31.2. The van der Waals surface area contributed by atoms with Gasteiger partial charge in [-0.15, -0.1) is 0 Å². The SMILES string of the molecule is CN(C)S(=O)(=O)c1ccc(C(=O)Nc2ccc3nc(-c4ccncc4)oc3c2)cc1. The summed E-state index contributed by atoms with van der Waals surface area (Å²) in [6.07, 6.45) is 3.32. The van der Waals surface area contributed by atoms with E-state index in [1.165, 1.54) is 38.4 Å². The zero-order chi connectivity index (χ0) is 21.3. The topological polar surface area (TPSA) is 105 Å². The summed E-state index contributed by atoms with van der Waals surface area (Å²) in [4.78, 5) is 21.1. The van der Waals surface area contributed by atoms with Gasteiger partial charge in [0, 0.05) is 49.4 Å². The van der Waals surface area contributed by atoms with Crippen molar-refractivity contribution in [1.29, 1.82) is 0 Å². The fraction of sp³-hybridized carbons (Fsp3) is 0.0952. The van der Waals surface area contributed by atoms with Gasteiger partial charge in [0.1, 0.15) is 5.52 Å². The number of nitrogens with zero attached hydrogens (tertiary/aromatic N) is 3. The molecule has 0 spiro atoms. The predicted molar refractivity (Wildman–Crippen MR) is 113 cm³/mol. The molecule has 0 fully saturated rings. The third-order valence-corrected chi connectivity index (χ3v) is 6.30. The summed E-state index contributed by atoms with van der Waals surface area (Å²) in [6.45, 7) is 0. The van der Waals surface area contributed by atoms with E-state index in [1.807, 2.05) is 0 Å². The van der Waals surface area contributed by atoms with E-state index in [4.69, 9.17) is 4.42 Å². The first-order chi connectivity index (χ1) is 14.3. The molecule has 0 radical (unpaired) electrons. The molecule has 0 aliphatic rings. The minimum absolute atomic E-state index is 0.121. The lowest BCUT2D eigenvalue weighted by Crippen LogP contribution is -2.22. The molecule has 0 atom stereocenters. The minimum atomic E-state index is -3.54. The van der Waals surface area contributed by atoms with Crippen molar-refractivity contribution < 1.29 is 17.6 Å². The number of hydrogen-bond donors (Lipinski definition) is 1. The van der Waals surface area contributed by atoms with Crippen molar-refractivity contribution in [3.05, 3.63) is 72.6 Å². The van der Waals surface area contributed by atoms with Crippen LogP contribution in [0.4, 0.5) is 5.69 Å². The monoisotopic (exact) mass is 422 g/mol. The number of aromatic nitrogens is 2. The van der Waals surface area contributed by atoms with Gasteiger partial charge in [0.05, 0.1) is 4.90 Å². The number of fused-ring (bicyclic) bond motifs is 1. The Hall–Kier alpha value is -3.56. The maximum absolute atomic E-state index is 12.5. The van der Waals surface area contributed by atoms with Crippen LogP contribution in [0.3, 0.4) is 0 Å². The van der Waals surface area contributed by atoms with Crippen LogP contribution in [-0.4, -0.2) is 42.7 Å². The highest BCUT2D eigenvalue weighted by atomic mass is 32.2. The van der Waals surface area contributed by atoms with Crippen molar-refractivity contribution in [2.24, 2.45) is 0 Å². The molecule has 0 bridgehead atoms. The Bertz CT molecular complexity index is 1310. The second kappa shape index (κ2) is 7.69. The molecule has 4 aromatic rings. The lowest BCUT2D eigenvalue weighted by atomic mass is 10.2. The van der Waals surface area contributed by atoms with Gasteiger partial charge in [-0.05, 0) is 48.5 Å². The van der Waals surface area contributed by atoms with Crippen molar-refractivity contribution >= 4 is 32.7 Å². The Balaban J connectivity index is 1.54. The maximum atomic E-state index is 12.5. The molecular formula is C21H18N4O4S. The van der Waals surface area contributed by atoms with Gasteiger partial charge < -0.3 is 9.73 Å². The van der Waals surface area contributed by atoms with Crippen molar-refractivity contribution in [3.63, 3.8) is 0 Å². The Morgan fingerprint density at radius 1 is 1.00 bits per heavy atom. The van der Waals surface area contributed by atoms with Crippen molar-refractivity contribution in [1.82, 2.24) is 14.3 Å². The molecule has 2 aromatic carbocycles. The van der Waals surface area contributed by atoms with E-state index in [-0.39, 0.29) is 10.8 Å². The Morgan fingerprint density at radius 2 is 1.70 bits per heavy atom. The lowest BCUT2D eigenvalue weighted by molar-refractivity contribution is 0.102. The third kappa shape index (κ3) is 3.80. The van der Waals surface area contributed by atoms with Gasteiger partial charge in [-0.2, -0.15) is 0 Å². The first kappa shape index (κ1) is 19.7. The van der Waals surface area contributed by atoms with E-state index in [2.05, 4.69) is 15.3 Å². The summed E-state index contributed by atoms with van der Waals surface area (Å²) in [7, 11) is -0.637. The van der Waals surface area contributed by atoms with Crippen LogP contribution in [0, 0.1) is 0 Å². The van der Waals surface area contributed by atoms with Gasteiger partial charge >= 0.3 is 0 Å². The highest BCUT2D eigenvalue weighted by molar-refractivity contribution is 7.89. The standard InChI is InChI=1S/C21H18N4O4S/c1-25(2)30(27,28)17-6-3-14(4-7-17)20(26)23-16-5-8-18-19(13-16)29-21(24-18)15-9-11-22-12-10-15/h3-13H,1-2H3,(H,23,26). The molecule has 0 aliphatic heterocycles. The van der Waals surface area contributed by atoms with Crippen LogP contribution in [0.25, 0.3) is 22.6 Å². The van der Waals surface area contributed by atoms with Crippen LogP contribution in [0.5, 0.6) is 0 Å². The zero-order valence-electron chi connectivity index (χ0n) is 16.2. The number of pyridine rings is 1. The van der Waals surface area contributed by atoms with Gasteiger partial charge in [-0.1, -0.05) is 0 Å². The number of oxazole rings is 1. The average Bonchev–Trinajstić information content (AvgIpc) is 3.18. The molecule has 9 heteroatoms. The number of carbonyl (C=O) groups excluding carboxylic acids is 1. The van der Waals surface area contributed by atoms with Crippen molar-refractivity contribution in [2.45, 2.75) is 4.90 Å². The van der Waals surface area contributed by atoms with Crippen molar-refractivity contribution in [2.75, 3.05) is 19.4 Å². The quantitative estimate of drug-likeness (QED) is 0.528. The van der Waals surface area contributed by atoms with Crippen molar-refractivity contribution in [3.8, 4) is 11.5 Å². The molecule has 1 N–H and O–H groups in total. The summed E-state index contributed by atoms with van der Waals surface area (Å²) in [6, 6.07) is 14.5. The molecular weight excluding hydrogens is 404 g/mol. The smallest absolute Gasteiger partial charge is 0.255 e. The minimum Gasteiger partial charge on any atom is -0.436 e. The largest absolute Gasteiger partial charge is 0.436 e. The first-order valence-electron chi connectivity index (χ1n) is 8.99. The maximum Gasteiger partial charge on any atom is 0.255 e.